The number of Topliss-reactive ketones (excluding diaryl/α,β-unsaturated/α-hetero) is 1. The summed E-state index contributed by atoms with van der Waals surface area (Å²) in [5, 5.41) is 21.5. The number of hydrogen-bond acceptors (Lipinski definition) is 7. The third-order valence-electron chi connectivity index (χ3n) is 5.95. The Balaban J connectivity index is 2.12. The van der Waals surface area contributed by atoms with Crippen LogP contribution in [0, 0.1) is 12.8 Å². The van der Waals surface area contributed by atoms with E-state index in [9.17, 15) is 19.8 Å². The molecule has 0 aliphatic carbocycles. The summed E-state index contributed by atoms with van der Waals surface area (Å²) in [6, 6.07) is 9.08. The second-order valence-electron chi connectivity index (χ2n) is 9.64. The minimum absolute atomic E-state index is 0.00198. The number of aromatic hydroxyl groups is 1. The summed E-state index contributed by atoms with van der Waals surface area (Å²) in [7, 11) is 3.76. The quantitative estimate of drug-likeness (QED) is 0.290. The van der Waals surface area contributed by atoms with Crippen LogP contribution in [0.15, 0.2) is 42.0 Å². The Labute approximate surface area is 212 Å². The number of carbonyl (C=O) groups is 2. The number of benzene rings is 2. The van der Waals surface area contributed by atoms with E-state index in [0.717, 1.165) is 5.56 Å². The molecule has 0 radical (unpaired) electrons. The number of amides is 1. The summed E-state index contributed by atoms with van der Waals surface area (Å²) in [4.78, 5) is 29.7. The second-order valence-corrected chi connectivity index (χ2v) is 9.64. The molecule has 3 rings (SSSR count). The first-order chi connectivity index (χ1) is 17.0. The predicted octanol–water partition coefficient (Wildman–Crippen LogP) is 4.12. The zero-order chi connectivity index (χ0) is 26.6. The molecule has 1 aliphatic rings. The molecule has 2 aromatic rings. The standard InChI is InChI=1S/C28H36N2O6/c1-7-35-23-15-19(8-10-21(23)31)25-24(27(33)28(34)30(25)13-12-29(5)6)26(32)20-9-11-22(18(4)14-20)36-16-17(2)3/h8-11,14-15,17,25,31-32H,7,12-13,16H2,1-6H3/t25-/m1/s1. The van der Waals surface area contributed by atoms with E-state index in [2.05, 4.69) is 13.8 Å². The molecule has 0 aromatic heterocycles. The van der Waals surface area contributed by atoms with Gasteiger partial charge in [-0.05, 0) is 75.3 Å². The second kappa shape index (κ2) is 11.5. The fraction of sp³-hybridized carbons (Fsp3) is 0.429. The highest BCUT2D eigenvalue weighted by Crippen LogP contribution is 2.42. The number of ether oxygens (including phenoxy) is 2. The van der Waals surface area contributed by atoms with Gasteiger partial charge in [0.15, 0.2) is 11.5 Å². The lowest BCUT2D eigenvalue weighted by molar-refractivity contribution is -0.140. The fourth-order valence-corrected chi connectivity index (χ4v) is 4.11. The minimum atomic E-state index is -0.832. The van der Waals surface area contributed by atoms with E-state index in [4.69, 9.17) is 9.47 Å². The largest absolute Gasteiger partial charge is 0.507 e. The van der Waals surface area contributed by atoms with Crippen molar-refractivity contribution in [3.8, 4) is 17.2 Å². The molecule has 1 amide bonds. The minimum Gasteiger partial charge on any atom is -0.507 e. The Bertz CT molecular complexity index is 1150. The van der Waals surface area contributed by atoms with Gasteiger partial charge in [0, 0.05) is 18.7 Å². The van der Waals surface area contributed by atoms with Crippen molar-refractivity contribution in [2.24, 2.45) is 5.92 Å². The molecule has 2 N–H and O–H groups in total. The van der Waals surface area contributed by atoms with E-state index < -0.39 is 17.7 Å². The third-order valence-corrected chi connectivity index (χ3v) is 5.95. The van der Waals surface area contributed by atoms with Gasteiger partial charge in [-0.15, -0.1) is 0 Å². The van der Waals surface area contributed by atoms with Gasteiger partial charge in [0.25, 0.3) is 11.7 Å². The Morgan fingerprint density at radius 3 is 2.42 bits per heavy atom. The van der Waals surface area contributed by atoms with Crippen molar-refractivity contribution in [3.05, 3.63) is 58.7 Å². The molecule has 0 unspecified atom stereocenters. The van der Waals surface area contributed by atoms with Crippen molar-refractivity contribution in [1.82, 2.24) is 9.80 Å². The van der Waals surface area contributed by atoms with E-state index in [-0.39, 0.29) is 29.4 Å². The van der Waals surface area contributed by atoms with Crippen LogP contribution in [0.2, 0.25) is 0 Å². The lowest BCUT2D eigenvalue weighted by Gasteiger charge is -2.27. The van der Waals surface area contributed by atoms with Gasteiger partial charge in [0.1, 0.15) is 11.5 Å². The molecular weight excluding hydrogens is 460 g/mol. The van der Waals surface area contributed by atoms with Gasteiger partial charge in [-0.3, -0.25) is 9.59 Å². The van der Waals surface area contributed by atoms with E-state index >= 15 is 0 Å². The number of aryl methyl sites for hydroxylation is 1. The Hall–Kier alpha value is -3.52. The van der Waals surface area contributed by atoms with Crippen LogP contribution < -0.4 is 9.47 Å². The molecule has 0 saturated carbocycles. The lowest BCUT2D eigenvalue weighted by atomic mass is 9.94. The number of likely N-dealkylation sites (tertiary alicyclic amines) is 1. The number of aliphatic hydroxyl groups excluding tert-OH is 1. The van der Waals surface area contributed by atoms with Crippen molar-refractivity contribution in [2.75, 3.05) is 40.4 Å². The van der Waals surface area contributed by atoms with Crippen LogP contribution in [-0.4, -0.2) is 72.1 Å². The molecule has 2 aromatic carbocycles. The maximum atomic E-state index is 13.2. The number of likely N-dealkylation sites (N-methyl/N-ethyl adjacent to an activating group) is 1. The van der Waals surface area contributed by atoms with Crippen LogP contribution in [0.4, 0.5) is 0 Å². The number of hydrogen-bond donors (Lipinski definition) is 2. The number of aliphatic hydroxyl groups is 1. The first-order valence-corrected chi connectivity index (χ1v) is 12.2. The molecule has 1 aliphatic heterocycles. The molecule has 1 saturated heterocycles. The lowest BCUT2D eigenvalue weighted by Crippen LogP contribution is -2.35. The zero-order valence-electron chi connectivity index (χ0n) is 21.9. The molecule has 8 heteroatoms. The summed E-state index contributed by atoms with van der Waals surface area (Å²) in [5.74, 6) is -0.418. The highest BCUT2D eigenvalue weighted by atomic mass is 16.5. The van der Waals surface area contributed by atoms with Crippen molar-refractivity contribution in [3.63, 3.8) is 0 Å². The van der Waals surface area contributed by atoms with Crippen LogP contribution in [0.3, 0.4) is 0 Å². The van der Waals surface area contributed by atoms with Gasteiger partial charge in [-0.1, -0.05) is 19.9 Å². The number of rotatable bonds is 10. The van der Waals surface area contributed by atoms with Gasteiger partial charge in [-0.2, -0.15) is 0 Å². The van der Waals surface area contributed by atoms with Crippen molar-refractivity contribution >= 4 is 17.4 Å². The molecule has 0 spiro atoms. The van der Waals surface area contributed by atoms with Gasteiger partial charge in [0.05, 0.1) is 24.8 Å². The molecule has 36 heavy (non-hydrogen) atoms. The average molecular weight is 497 g/mol. The first-order valence-electron chi connectivity index (χ1n) is 12.2. The SMILES string of the molecule is CCOc1cc([C@@H]2C(=C(O)c3ccc(OCC(C)C)c(C)c3)C(=O)C(=O)N2CCN(C)C)ccc1O. The van der Waals surface area contributed by atoms with Crippen LogP contribution in [0.1, 0.15) is 43.5 Å². The molecule has 1 heterocycles. The van der Waals surface area contributed by atoms with Crippen LogP contribution in [0.25, 0.3) is 5.76 Å². The number of phenols is 1. The molecule has 1 fully saturated rings. The Kier molecular flexibility index (Phi) is 8.63. The van der Waals surface area contributed by atoms with E-state index in [1.54, 1.807) is 37.3 Å². The van der Waals surface area contributed by atoms with E-state index in [1.165, 1.54) is 11.0 Å². The Morgan fingerprint density at radius 1 is 1.08 bits per heavy atom. The smallest absolute Gasteiger partial charge is 0.295 e. The number of nitrogens with zero attached hydrogens (tertiary/aromatic N) is 2. The van der Waals surface area contributed by atoms with Crippen molar-refractivity contribution in [2.45, 2.75) is 33.7 Å². The number of phenolic OH excluding ortho intramolecular Hbond substituents is 1. The van der Waals surface area contributed by atoms with Gasteiger partial charge >= 0.3 is 0 Å². The number of carbonyl (C=O) groups excluding carboxylic acids is 2. The highest BCUT2D eigenvalue weighted by Gasteiger charge is 2.46. The van der Waals surface area contributed by atoms with Crippen molar-refractivity contribution < 1.29 is 29.3 Å². The Morgan fingerprint density at radius 2 is 1.81 bits per heavy atom. The normalized spacial score (nSPS) is 17.3. The zero-order valence-corrected chi connectivity index (χ0v) is 21.9. The number of ketones is 1. The van der Waals surface area contributed by atoms with Crippen LogP contribution in [-0.2, 0) is 9.59 Å². The summed E-state index contributed by atoms with van der Waals surface area (Å²) < 4.78 is 11.4. The molecule has 1 atom stereocenters. The summed E-state index contributed by atoms with van der Waals surface area (Å²) in [6.07, 6.45) is 0. The average Bonchev–Trinajstić information content (AvgIpc) is 3.07. The summed E-state index contributed by atoms with van der Waals surface area (Å²) >= 11 is 0. The molecular formula is C28H36N2O6. The highest BCUT2D eigenvalue weighted by molar-refractivity contribution is 6.46. The van der Waals surface area contributed by atoms with Gasteiger partial charge in [-0.25, -0.2) is 0 Å². The van der Waals surface area contributed by atoms with E-state index in [0.29, 0.717) is 42.6 Å². The van der Waals surface area contributed by atoms with E-state index in [1.807, 2.05) is 25.9 Å². The fourth-order valence-electron chi connectivity index (χ4n) is 4.11. The topological polar surface area (TPSA) is 99.5 Å². The van der Waals surface area contributed by atoms with Crippen LogP contribution in [0.5, 0.6) is 17.2 Å². The molecule has 8 nitrogen and oxygen atoms in total. The summed E-state index contributed by atoms with van der Waals surface area (Å²) in [6.45, 7) is 9.50. The monoisotopic (exact) mass is 496 g/mol. The van der Waals surface area contributed by atoms with Crippen molar-refractivity contribution in [1.29, 1.82) is 0 Å². The maximum absolute atomic E-state index is 13.2. The van der Waals surface area contributed by atoms with Crippen LogP contribution >= 0.6 is 0 Å². The van der Waals surface area contributed by atoms with Gasteiger partial charge in [0.2, 0.25) is 0 Å². The predicted molar refractivity (Wildman–Crippen MR) is 138 cm³/mol. The maximum Gasteiger partial charge on any atom is 0.295 e. The van der Waals surface area contributed by atoms with Gasteiger partial charge < -0.3 is 29.5 Å². The third kappa shape index (κ3) is 5.82. The molecule has 194 valence electrons. The molecule has 0 bridgehead atoms. The summed E-state index contributed by atoms with van der Waals surface area (Å²) in [5.41, 5.74) is 1.79. The first kappa shape index (κ1) is 27.1.